The summed E-state index contributed by atoms with van der Waals surface area (Å²) in [6.45, 7) is 9.26. The lowest BCUT2D eigenvalue weighted by molar-refractivity contribution is 0.0723. The van der Waals surface area contributed by atoms with Gasteiger partial charge in [0, 0.05) is 19.6 Å². The molecule has 2 aliphatic heterocycles. The highest BCUT2D eigenvalue weighted by Crippen LogP contribution is 2.20. The molecule has 0 aliphatic carbocycles. The van der Waals surface area contributed by atoms with Gasteiger partial charge in [-0.25, -0.2) is 0 Å². The number of likely N-dealkylation sites (tertiary alicyclic amines) is 2. The van der Waals surface area contributed by atoms with Gasteiger partial charge in [0.1, 0.15) is 0 Å². The fraction of sp³-hybridized carbons (Fsp3) is 1.00. The van der Waals surface area contributed by atoms with E-state index in [-0.39, 0.29) is 6.10 Å². The summed E-state index contributed by atoms with van der Waals surface area (Å²) in [6.07, 6.45) is 9.09. The van der Waals surface area contributed by atoms with E-state index in [1.54, 1.807) is 0 Å². The highest BCUT2D eigenvalue weighted by molar-refractivity contribution is 4.78. The van der Waals surface area contributed by atoms with Gasteiger partial charge in [0.25, 0.3) is 0 Å². The van der Waals surface area contributed by atoms with Crippen molar-refractivity contribution in [2.24, 2.45) is 5.92 Å². The summed E-state index contributed by atoms with van der Waals surface area (Å²) >= 11 is 0. The van der Waals surface area contributed by atoms with Crippen LogP contribution < -0.4 is 0 Å². The minimum absolute atomic E-state index is 0.128. The lowest BCUT2D eigenvalue weighted by Gasteiger charge is -2.36. The van der Waals surface area contributed by atoms with Gasteiger partial charge in [-0.2, -0.15) is 0 Å². The molecule has 0 amide bonds. The van der Waals surface area contributed by atoms with Gasteiger partial charge in [-0.15, -0.1) is 0 Å². The fourth-order valence-corrected chi connectivity index (χ4v) is 3.58. The number of aliphatic hydroxyl groups is 1. The van der Waals surface area contributed by atoms with Crippen molar-refractivity contribution in [3.63, 3.8) is 0 Å². The quantitative estimate of drug-likeness (QED) is 0.829. The minimum Gasteiger partial charge on any atom is -0.392 e. The third kappa shape index (κ3) is 5.41. The van der Waals surface area contributed by atoms with Crippen LogP contribution in [0.5, 0.6) is 0 Å². The summed E-state index contributed by atoms with van der Waals surface area (Å²) in [4.78, 5) is 5.18. The second-order valence-corrected chi connectivity index (χ2v) is 6.54. The van der Waals surface area contributed by atoms with Gasteiger partial charge in [-0.3, -0.25) is 0 Å². The van der Waals surface area contributed by atoms with E-state index in [0.717, 1.165) is 18.9 Å². The van der Waals surface area contributed by atoms with Gasteiger partial charge in [0.2, 0.25) is 0 Å². The van der Waals surface area contributed by atoms with Crippen molar-refractivity contribution in [2.75, 3.05) is 39.3 Å². The van der Waals surface area contributed by atoms with Gasteiger partial charge in [0.15, 0.2) is 0 Å². The Morgan fingerprint density at radius 1 is 1.00 bits per heavy atom. The Hall–Kier alpha value is -0.120. The number of rotatable bonds is 5. The van der Waals surface area contributed by atoms with Crippen LogP contribution >= 0.6 is 0 Å². The summed E-state index contributed by atoms with van der Waals surface area (Å²) in [5.41, 5.74) is 0. The van der Waals surface area contributed by atoms with Gasteiger partial charge in [0.05, 0.1) is 6.10 Å². The molecule has 0 aromatic rings. The molecule has 2 heterocycles. The standard InChI is InChI=1S/C16H32N2O/c1-2-16(19)14-18-11-7-8-15(13-18)12-17-9-5-3-4-6-10-17/h15-16,19H,2-14H2,1H3. The smallest absolute Gasteiger partial charge is 0.0664 e. The third-order valence-electron chi connectivity index (χ3n) is 4.76. The number of hydrogen-bond acceptors (Lipinski definition) is 3. The van der Waals surface area contributed by atoms with E-state index in [9.17, 15) is 5.11 Å². The number of piperidine rings is 1. The van der Waals surface area contributed by atoms with Crippen LogP contribution in [0, 0.1) is 5.92 Å². The van der Waals surface area contributed by atoms with Crippen molar-refractivity contribution in [1.82, 2.24) is 9.80 Å². The maximum absolute atomic E-state index is 9.80. The Labute approximate surface area is 119 Å². The molecule has 2 rings (SSSR count). The fourth-order valence-electron chi connectivity index (χ4n) is 3.58. The maximum Gasteiger partial charge on any atom is 0.0664 e. The first kappa shape index (κ1) is 15.3. The summed E-state index contributed by atoms with van der Waals surface area (Å²) in [5, 5.41) is 9.80. The van der Waals surface area contributed by atoms with Crippen molar-refractivity contribution in [3.8, 4) is 0 Å². The van der Waals surface area contributed by atoms with Crippen LogP contribution in [0.3, 0.4) is 0 Å². The van der Waals surface area contributed by atoms with Crippen molar-refractivity contribution in [3.05, 3.63) is 0 Å². The van der Waals surface area contributed by atoms with Crippen LogP contribution in [0.15, 0.2) is 0 Å². The molecule has 3 heteroatoms. The Morgan fingerprint density at radius 2 is 1.68 bits per heavy atom. The summed E-state index contributed by atoms with van der Waals surface area (Å²) < 4.78 is 0. The van der Waals surface area contributed by atoms with Crippen LogP contribution in [0.25, 0.3) is 0 Å². The lowest BCUT2D eigenvalue weighted by Crippen LogP contribution is -2.43. The maximum atomic E-state index is 9.80. The number of β-amino-alcohol motifs (C(OH)–C–C–N with tert-alkyl or cyclic N) is 1. The zero-order valence-electron chi connectivity index (χ0n) is 12.7. The first-order chi connectivity index (χ1) is 9.28. The number of nitrogens with zero attached hydrogens (tertiary/aromatic N) is 2. The molecule has 19 heavy (non-hydrogen) atoms. The SMILES string of the molecule is CCC(O)CN1CCCC(CN2CCCCCC2)C1. The summed E-state index contributed by atoms with van der Waals surface area (Å²) in [5.74, 6) is 0.830. The Bertz CT molecular complexity index is 239. The van der Waals surface area contributed by atoms with E-state index in [4.69, 9.17) is 0 Å². The van der Waals surface area contributed by atoms with Crippen LogP contribution in [0.1, 0.15) is 51.9 Å². The highest BCUT2D eigenvalue weighted by atomic mass is 16.3. The summed E-state index contributed by atoms with van der Waals surface area (Å²) in [7, 11) is 0. The second-order valence-electron chi connectivity index (χ2n) is 6.54. The molecule has 2 saturated heterocycles. The van der Waals surface area contributed by atoms with E-state index < -0.39 is 0 Å². The molecular weight excluding hydrogens is 236 g/mol. The third-order valence-corrected chi connectivity index (χ3v) is 4.76. The molecule has 1 N–H and O–H groups in total. The van der Waals surface area contributed by atoms with Crippen molar-refractivity contribution < 1.29 is 5.11 Å². The average molecular weight is 268 g/mol. The van der Waals surface area contributed by atoms with E-state index in [1.165, 1.54) is 71.2 Å². The molecule has 3 nitrogen and oxygen atoms in total. The van der Waals surface area contributed by atoms with Crippen molar-refractivity contribution in [1.29, 1.82) is 0 Å². The normalized spacial score (nSPS) is 29.1. The van der Waals surface area contributed by atoms with Crippen molar-refractivity contribution >= 4 is 0 Å². The predicted molar refractivity (Wildman–Crippen MR) is 80.4 cm³/mol. The van der Waals surface area contributed by atoms with E-state index >= 15 is 0 Å². The molecule has 0 saturated carbocycles. The Kier molecular flexibility index (Phi) is 6.62. The first-order valence-corrected chi connectivity index (χ1v) is 8.40. The molecule has 2 aliphatic rings. The largest absolute Gasteiger partial charge is 0.392 e. The van der Waals surface area contributed by atoms with Gasteiger partial charge in [-0.1, -0.05) is 19.8 Å². The molecule has 2 atom stereocenters. The number of aliphatic hydroxyl groups excluding tert-OH is 1. The molecular formula is C16H32N2O. The van der Waals surface area contributed by atoms with Crippen LogP contribution in [0.2, 0.25) is 0 Å². The van der Waals surface area contributed by atoms with E-state index in [1.807, 2.05) is 0 Å². The average Bonchev–Trinajstić information content (AvgIpc) is 2.67. The van der Waals surface area contributed by atoms with Gasteiger partial charge >= 0.3 is 0 Å². The van der Waals surface area contributed by atoms with Crippen LogP contribution in [-0.4, -0.2) is 60.3 Å². The molecule has 0 spiro atoms. The zero-order chi connectivity index (χ0) is 13.5. The topological polar surface area (TPSA) is 26.7 Å². The predicted octanol–water partition coefficient (Wildman–Crippen LogP) is 2.35. The van der Waals surface area contributed by atoms with Gasteiger partial charge < -0.3 is 14.9 Å². The molecule has 0 aromatic heterocycles. The lowest BCUT2D eigenvalue weighted by atomic mass is 9.97. The zero-order valence-corrected chi connectivity index (χ0v) is 12.7. The molecule has 0 bridgehead atoms. The Morgan fingerprint density at radius 3 is 2.37 bits per heavy atom. The highest BCUT2D eigenvalue weighted by Gasteiger charge is 2.23. The number of hydrogen-bond donors (Lipinski definition) is 1. The van der Waals surface area contributed by atoms with Crippen molar-refractivity contribution in [2.45, 2.75) is 58.0 Å². The monoisotopic (exact) mass is 268 g/mol. The van der Waals surface area contributed by atoms with E-state index in [0.29, 0.717) is 0 Å². The van der Waals surface area contributed by atoms with E-state index in [2.05, 4.69) is 16.7 Å². The summed E-state index contributed by atoms with van der Waals surface area (Å²) in [6, 6.07) is 0. The molecule has 112 valence electrons. The van der Waals surface area contributed by atoms with Crippen LogP contribution in [0.4, 0.5) is 0 Å². The minimum atomic E-state index is -0.128. The first-order valence-electron chi connectivity index (χ1n) is 8.40. The Balaban J connectivity index is 1.73. The molecule has 2 unspecified atom stereocenters. The second kappa shape index (κ2) is 8.23. The molecule has 0 aromatic carbocycles. The molecule has 0 radical (unpaired) electrons. The van der Waals surface area contributed by atoms with Gasteiger partial charge in [-0.05, 0) is 57.7 Å². The molecule has 2 fully saturated rings. The van der Waals surface area contributed by atoms with Crippen LogP contribution in [-0.2, 0) is 0 Å².